The van der Waals surface area contributed by atoms with Gasteiger partial charge in [-0.15, -0.1) is 0 Å². The fourth-order valence-electron chi connectivity index (χ4n) is 2.35. The van der Waals surface area contributed by atoms with Crippen LogP contribution in [0.15, 0.2) is 34.7 Å². The van der Waals surface area contributed by atoms with Gasteiger partial charge >= 0.3 is 0 Å². The molecule has 1 amide bonds. The number of furan rings is 1. The Balaban J connectivity index is 2.03. The quantitative estimate of drug-likeness (QED) is 0.822. The van der Waals surface area contributed by atoms with E-state index in [1.165, 1.54) is 6.92 Å². The van der Waals surface area contributed by atoms with Crippen LogP contribution >= 0.6 is 0 Å². The molecule has 1 heterocycles. The second-order valence-electron chi connectivity index (χ2n) is 5.24. The summed E-state index contributed by atoms with van der Waals surface area (Å²) in [5.41, 5.74) is 0.701. The van der Waals surface area contributed by atoms with Crippen LogP contribution in [0.5, 0.6) is 0 Å². The van der Waals surface area contributed by atoms with Gasteiger partial charge in [-0.05, 0) is 13.8 Å². The summed E-state index contributed by atoms with van der Waals surface area (Å²) in [5.74, 6) is -0.703. The molecule has 2 rings (SSSR count). The van der Waals surface area contributed by atoms with E-state index in [0.29, 0.717) is 5.56 Å². The number of hydrogen-bond donors (Lipinski definition) is 1. The summed E-state index contributed by atoms with van der Waals surface area (Å²) in [6.45, 7) is 2.87. The highest BCUT2D eigenvalue weighted by Gasteiger charge is 2.22. The maximum Gasteiger partial charge on any atom is 0.227 e. The Hall–Kier alpha value is -3.20. The van der Waals surface area contributed by atoms with Gasteiger partial charge in [-0.1, -0.05) is 30.3 Å². The Kier molecular flexibility index (Phi) is 5.27. The first-order chi connectivity index (χ1) is 11.4. The van der Waals surface area contributed by atoms with Crippen LogP contribution in [0.4, 0.5) is 5.88 Å². The summed E-state index contributed by atoms with van der Waals surface area (Å²) in [7, 11) is 0. The number of Topliss-reactive ketones (excluding diaryl/α,β-unsaturated/α-hetero) is 2. The first-order valence-corrected chi connectivity index (χ1v) is 7.36. The maximum absolute atomic E-state index is 12.0. The van der Waals surface area contributed by atoms with E-state index < -0.39 is 5.91 Å². The van der Waals surface area contributed by atoms with Crippen molar-refractivity contribution in [1.82, 2.24) is 0 Å². The molecule has 0 atom stereocenters. The summed E-state index contributed by atoms with van der Waals surface area (Å²) in [5, 5.41) is 11.6. The van der Waals surface area contributed by atoms with Gasteiger partial charge in [0.25, 0.3) is 0 Å². The number of nitrogens with one attached hydrogen (secondary N) is 1. The van der Waals surface area contributed by atoms with E-state index in [1.54, 1.807) is 37.3 Å². The Bertz CT molecular complexity index is 829. The van der Waals surface area contributed by atoms with Crippen LogP contribution in [0.2, 0.25) is 0 Å². The van der Waals surface area contributed by atoms with Crippen LogP contribution in [0.25, 0.3) is 0 Å². The number of amides is 1. The molecular formula is C18H16N2O4. The third-order valence-electron chi connectivity index (χ3n) is 3.48. The molecule has 0 saturated carbocycles. The van der Waals surface area contributed by atoms with Crippen molar-refractivity contribution in [3.63, 3.8) is 0 Å². The highest BCUT2D eigenvalue weighted by Crippen LogP contribution is 2.26. The average molecular weight is 324 g/mol. The molecule has 6 heteroatoms. The lowest BCUT2D eigenvalue weighted by Gasteiger charge is -2.03. The largest absolute Gasteiger partial charge is 0.443 e. The molecule has 1 N–H and O–H groups in total. The lowest BCUT2D eigenvalue weighted by atomic mass is 10.1. The van der Waals surface area contributed by atoms with Crippen molar-refractivity contribution in [2.45, 2.75) is 26.7 Å². The molecule has 0 spiro atoms. The number of hydrogen-bond acceptors (Lipinski definition) is 5. The van der Waals surface area contributed by atoms with Crippen molar-refractivity contribution in [3.8, 4) is 6.07 Å². The molecule has 0 radical (unpaired) electrons. The van der Waals surface area contributed by atoms with Crippen LogP contribution in [-0.2, 0) is 4.79 Å². The van der Waals surface area contributed by atoms with Crippen molar-refractivity contribution in [2.75, 3.05) is 5.32 Å². The minimum absolute atomic E-state index is 0.00253. The molecule has 2 aromatic rings. The Labute approximate surface area is 139 Å². The van der Waals surface area contributed by atoms with Gasteiger partial charge in [-0.25, -0.2) is 0 Å². The Morgan fingerprint density at radius 3 is 2.42 bits per heavy atom. The van der Waals surface area contributed by atoms with Gasteiger partial charge in [-0.2, -0.15) is 5.26 Å². The van der Waals surface area contributed by atoms with Crippen molar-refractivity contribution in [1.29, 1.82) is 5.26 Å². The molecular weight excluding hydrogens is 308 g/mol. The van der Waals surface area contributed by atoms with E-state index in [4.69, 9.17) is 4.42 Å². The molecule has 24 heavy (non-hydrogen) atoms. The zero-order valence-electron chi connectivity index (χ0n) is 13.4. The third kappa shape index (κ3) is 3.76. The third-order valence-corrected chi connectivity index (χ3v) is 3.48. The van der Waals surface area contributed by atoms with Crippen LogP contribution in [0.1, 0.15) is 51.8 Å². The van der Waals surface area contributed by atoms with Crippen LogP contribution < -0.4 is 5.32 Å². The first-order valence-electron chi connectivity index (χ1n) is 7.36. The summed E-state index contributed by atoms with van der Waals surface area (Å²) in [6.07, 6.45) is -0.00919. The molecule has 6 nitrogen and oxygen atoms in total. The molecule has 0 unspecified atom stereocenters. The highest BCUT2D eigenvalue weighted by atomic mass is 16.4. The number of aryl methyl sites for hydroxylation is 1. The second-order valence-corrected chi connectivity index (χ2v) is 5.24. The average Bonchev–Trinajstić information content (AvgIpc) is 2.88. The van der Waals surface area contributed by atoms with Crippen molar-refractivity contribution in [3.05, 3.63) is 52.8 Å². The summed E-state index contributed by atoms with van der Waals surface area (Å²) in [6, 6.07) is 10.5. The zero-order chi connectivity index (χ0) is 17.7. The van der Waals surface area contributed by atoms with Gasteiger partial charge < -0.3 is 4.42 Å². The topological polar surface area (TPSA) is 100 Å². The minimum Gasteiger partial charge on any atom is -0.443 e. The van der Waals surface area contributed by atoms with Gasteiger partial charge in [0.2, 0.25) is 11.8 Å². The summed E-state index contributed by atoms with van der Waals surface area (Å²) < 4.78 is 5.30. The van der Waals surface area contributed by atoms with E-state index in [0.717, 1.165) is 0 Å². The van der Waals surface area contributed by atoms with Gasteiger partial charge in [0.05, 0.1) is 5.56 Å². The van der Waals surface area contributed by atoms with Gasteiger partial charge in [0.1, 0.15) is 17.4 Å². The lowest BCUT2D eigenvalue weighted by Crippen LogP contribution is -2.14. The number of ketones is 2. The number of carbonyl (C=O) groups is 3. The molecule has 0 aliphatic carbocycles. The molecule has 0 saturated heterocycles. The molecule has 0 aliphatic heterocycles. The lowest BCUT2D eigenvalue weighted by molar-refractivity contribution is -0.116. The monoisotopic (exact) mass is 324 g/mol. The molecule has 1 aromatic heterocycles. The molecule has 0 bridgehead atoms. The van der Waals surface area contributed by atoms with E-state index in [2.05, 4.69) is 5.32 Å². The smallest absolute Gasteiger partial charge is 0.227 e. The zero-order valence-corrected chi connectivity index (χ0v) is 13.4. The predicted molar refractivity (Wildman–Crippen MR) is 86.8 cm³/mol. The van der Waals surface area contributed by atoms with E-state index >= 15 is 0 Å². The first kappa shape index (κ1) is 17.2. The van der Waals surface area contributed by atoms with E-state index in [-0.39, 0.29) is 47.2 Å². The number of rotatable bonds is 6. The molecule has 0 fully saturated rings. The second kappa shape index (κ2) is 7.38. The predicted octanol–water partition coefficient (Wildman–Crippen LogP) is 3.26. The van der Waals surface area contributed by atoms with E-state index in [9.17, 15) is 19.6 Å². The Morgan fingerprint density at radius 2 is 1.83 bits per heavy atom. The number of nitrogens with zero attached hydrogens (tertiary/aromatic N) is 1. The minimum atomic E-state index is -0.459. The van der Waals surface area contributed by atoms with Crippen LogP contribution in [-0.4, -0.2) is 17.5 Å². The SMILES string of the molecule is CC(=O)c1c(C)oc(NC(=O)CCC(=O)c2ccccc2)c1C#N. The van der Waals surface area contributed by atoms with Gasteiger partial charge in [-0.3, -0.25) is 19.7 Å². The van der Waals surface area contributed by atoms with Crippen LogP contribution in [0.3, 0.4) is 0 Å². The number of carbonyl (C=O) groups excluding carboxylic acids is 3. The maximum atomic E-state index is 12.0. The van der Waals surface area contributed by atoms with Crippen molar-refractivity contribution in [2.24, 2.45) is 0 Å². The summed E-state index contributed by atoms with van der Waals surface area (Å²) in [4.78, 5) is 35.5. The number of anilines is 1. The van der Waals surface area contributed by atoms with Gasteiger partial charge in [0, 0.05) is 18.4 Å². The van der Waals surface area contributed by atoms with Crippen molar-refractivity contribution >= 4 is 23.4 Å². The molecule has 1 aromatic carbocycles. The highest BCUT2D eigenvalue weighted by molar-refractivity contribution is 6.02. The number of benzene rings is 1. The van der Waals surface area contributed by atoms with Crippen molar-refractivity contribution < 1.29 is 18.8 Å². The standard InChI is InChI=1S/C18H16N2O4/c1-11(21)17-12(2)24-18(14(17)10-19)20-16(23)9-8-15(22)13-6-4-3-5-7-13/h3-7H,8-9H2,1-2H3,(H,20,23). The van der Waals surface area contributed by atoms with E-state index in [1.807, 2.05) is 6.07 Å². The van der Waals surface area contributed by atoms with Gasteiger partial charge in [0.15, 0.2) is 11.6 Å². The molecule has 122 valence electrons. The number of nitriles is 1. The fraction of sp³-hybridized carbons (Fsp3) is 0.222. The normalized spacial score (nSPS) is 10.0. The summed E-state index contributed by atoms with van der Waals surface area (Å²) >= 11 is 0. The Morgan fingerprint density at radius 1 is 1.17 bits per heavy atom. The fourth-order valence-corrected chi connectivity index (χ4v) is 2.35. The van der Waals surface area contributed by atoms with Crippen LogP contribution in [0, 0.1) is 18.3 Å². The molecule has 0 aliphatic rings.